The van der Waals surface area contributed by atoms with Crippen LogP contribution in [0.1, 0.15) is 42.9 Å². The van der Waals surface area contributed by atoms with Gasteiger partial charge < -0.3 is 4.90 Å². The Morgan fingerprint density at radius 3 is 2.13 bits per heavy atom. The van der Waals surface area contributed by atoms with Gasteiger partial charge in [0.25, 0.3) is 0 Å². The van der Waals surface area contributed by atoms with Crippen molar-refractivity contribution in [1.82, 2.24) is 9.62 Å². The van der Waals surface area contributed by atoms with Gasteiger partial charge in [-0.15, -0.1) is 0 Å². The third-order valence-electron chi connectivity index (χ3n) is 4.24. The third-order valence-corrected chi connectivity index (χ3v) is 6.09. The van der Waals surface area contributed by atoms with Gasteiger partial charge in [-0.05, 0) is 58.1 Å². The fraction of sp³-hybridized carbons (Fsp3) is 0.588. The van der Waals surface area contributed by atoms with Crippen LogP contribution < -0.4 is 4.72 Å². The SMILES string of the molecule is Cc1cc(C)c(S(=O)(=O)NC(C)C(=O)N2CCCCC2)c(C)c1. The molecular formula is C17H26N2O3S. The highest BCUT2D eigenvalue weighted by Crippen LogP contribution is 2.22. The molecule has 1 aliphatic heterocycles. The fourth-order valence-electron chi connectivity index (χ4n) is 3.32. The molecule has 1 aromatic rings. The summed E-state index contributed by atoms with van der Waals surface area (Å²) in [5, 5.41) is 0. The smallest absolute Gasteiger partial charge is 0.241 e. The lowest BCUT2D eigenvalue weighted by Gasteiger charge is -2.29. The van der Waals surface area contributed by atoms with Crippen molar-refractivity contribution in [2.24, 2.45) is 0 Å². The van der Waals surface area contributed by atoms with Crippen molar-refractivity contribution < 1.29 is 13.2 Å². The van der Waals surface area contributed by atoms with Crippen molar-refractivity contribution in [3.8, 4) is 0 Å². The highest BCUT2D eigenvalue weighted by atomic mass is 32.2. The van der Waals surface area contributed by atoms with Gasteiger partial charge in [0.05, 0.1) is 10.9 Å². The van der Waals surface area contributed by atoms with Crippen molar-refractivity contribution in [2.75, 3.05) is 13.1 Å². The standard InChI is InChI=1S/C17H26N2O3S/c1-12-10-13(2)16(14(3)11-12)23(21,22)18-15(4)17(20)19-8-6-5-7-9-19/h10-11,15,18H,5-9H2,1-4H3. The van der Waals surface area contributed by atoms with Gasteiger partial charge in [-0.1, -0.05) is 17.7 Å². The molecule has 1 aliphatic rings. The summed E-state index contributed by atoms with van der Waals surface area (Å²) >= 11 is 0. The molecule has 23 heavy (non-hydrogen) atoms. The Kier molecular flexibility index (Phi) is 5.47. The van der Waals surface area contributed by atoms with Gasteiger partial charge in [-0.2, -0.15) is 4.72 Å². The highest BCUT2D eigenvalue weighted by molar-refractivity contribution is 7.89. The number of carbonyl (C=O) groups is 1. The molecule has 1 fully saturated rings. The number of rotatable bonds is 4. The maximum Gasteiger partial charge on any atom is 0.241 e. The second-order valence-electron chi connectivity index (χ2n) is 6.46. The molecule has 1 atom stereocenters. The van der Waals surface area contributed by atoms with Crippen LogP contribution in [0.4, 0.5) is 0 Å². The average Bonchev–Trinajstić information content (AvgIpc) is 2.45. The number of amides is 1. The first kappa shape index (κ1) is 17.9. The largest absolute Gasteiger partial charge is 0.341 e. The molecule has 128 valence electrons. The Morgan fingerprint density at radius 1 is 1.09 bits per heavy atom. The zero-order valence-corrected chi connectivity index (χ0v) is 15.2. The van der Waals surface area contributed by atoms with E-state index in [9.17, 15) is 13.2 Å². The van der Waals surface area contributed by atoms with Crippen LogP contribution in [0.15, 0.2) is 17.0 Å². The van der Waals surface area contributed by atoms with Crippen molar-refractivity contribution >= 4 is 15.9 Å². The van der Waals surface area contributed by atoms with E-state index >= 15 is 0 Å². The zero-order chi connectivity index (χ0) is 17.2. The lowest BCUT2D eigenvalue weighted by Crippen LogP contribution is -2.48. The van der Waals surface area contributed by atoms with Gasteiger partial charge in [0.1, 0.15) is 0 Å². The number of hydrogen-bond donors (Lipinski definition) is 1. The van der Waals surface area contributed by atoms with Crippen LogP contribution in [0.2, 0.25) is 0 Å². The van der Waals surface area contributed by atoms with Crippen LogP contribution in [0, 0.1) is 20.8 Å². The van der Waals surface area contributed by atoms with Crippen LogP contribution in [-0.2, 0) is 14.8 Å². The number of likely N-dealkylation sites (tertiary alicyclic amines) is 1. The molecule has 0 aliphatic carbocycles. The summed E-state index contributed by atoms with van der Waals surface area (Å²) in [7, 11) is -3.72. The van der Waals surface area contributed by atoms with Gasteiger partial charge >= 0.3 is 0 Å². The Labute approximate surface area is 139 Å². The lowest BCUT2D eigenvalue weighted by atomic mass is 10.1. The second-order valence-corrected chi connectivity index (χ2v) is 8.11. The predicted octanol–water partition coefficient (Wildman–Crippen LogP) is 2.29. The molecule has 1 saturated heterocycles. The number of hydrogen-bond acceptors (Lipinski definition) is 3. The molecule has 0 saturated carbocycles. The molecule has 2 rings (SSSR count). The van der Waals surface area contributed by atoms with E-state index in [1.54, 1.807) is 25.7 Å². The summed E-state index contributed by atoms with van der Waals surface area (Å²) in [6, 6.07) is 2.94. The van der Waals surface area contributed by atoms with E-state index in [0.717, 1.165) is 24.8 Å². The van der Waals surface area contributed by atoms with Gasteiger partial charge in [-0.3, -0.25) is 4.79 Å². The van der Waals surface area contributed by atoms with Gasteiger partial charge in [0.15, 0.2) is 0 Å². The van der Waals surface area contributed by atoms with E-state index in [1.807, 2.05) is 19.1 Å². The number of sulfonamides is 1. The van der Waals surface area contributed by atoms with Crippen LogP contribution in [0.3, 0.4) is 0 Å². The minimum atomic E-state index is -3.72. The van der Waals surface area contributed by atoms with Crippen molar-refractivity contribution in [2.45, 2.75) is 57.9 Å². The number of nitrogens with zero attached hydrogens (tertiary/aromatic N) is 1. The Balaban J connectivity index is 2.19. The van der Waals surface area contributed by atoms with Gasteiger partial charge in [-0.25, -0.2) is 8.42 Å². The second kappa shape index (κ2) is 7.01. The molecule has 0 bridgehead atoms. The van der Waals surface area contributed by atoms with E-state index in [-0.39, 0.29) is 10.8 Å². The highest BCUT2D eigenvalue weighted by Gasteiger charge is 2.28. The van der Waals surface area contributed by atoms with Crippen LogP contribution in [0.5, 0.6) is 0 Å². The lowest BCUT2D eigenvalue weighted by molar-refractivity contribution is -0.133. The van der Waals surface area contributed by atoms with E-state index < -0.39 is 16.1 Å². The van der Waals surface area contributed by atoms with E-state index in [0.29, 0.717) is 24.2 Å². The summed E-state index contributed by atoms with van der Waals surface area (Å²) in [6.45, 7) is 8.55. The summed E-state index contributed by atoms with van der Waals surface area (Å²) in [5.74, 6) is -0.143. The topological polar surface area (TPSA) is 66.5 Å². The van der Waals surface area contributed by atoms with Crippen molar-refractivity contribution in [1.29, 1.82) is 0 Å². The summed E-state index contributed by atoms with van der Waals surface area (Å²) in [6.07, 6.45) is 3.11. The maximum atomic E-state index is 12.7. The number of nitrogens with one attached hydrogen (secondary N) is 1. The third kappa shape index (κ3) is 4.12. The Bertz CT molecular complexity index is 669. The van der Waals surface area contributed by atoms with Crippen molar-refractivity contribution in [3.05, 3.63) is 28.8 Å². The molecule has 1 N–H and O–H groups in total. The molecular weight excluding hydrogens is 312 g/mol. The van der Waals surface area contributed by atoms with Crippen LogP contribution >= 0.6 is 0 Å². The summed E-state index contributed by atoms with van der Waals surface area (Å²) in [4.78, 5) is 14.5. The van der Waals surface area contributed by atoms with E-state index in [4.69, 9.17) is 0 Å². The molecule has 0 radical (unpaired) electrons. The molecule has 6 heteroatoms. The molecule has 1 unspecified atom stereocenters. The first-order chi connectivity index (χ1) is 10.7. The quantitative estimate of drug-likeness (QED) is 0.916. The molecule has 5 nitrogen and oxygen atoms in total. The Morgan fingerprint density at radius 2 is 1.61 bits per heavy atom. The monoisotopic (exact) mass is 338 g/mol. The predicted molar refractivity (Wildman–Crippen MR) is 90.9 cm³/mol. The van der Waals surface area contributed by atoms with Crippen molar-refractivity contribution in [3.63, 3.8) is 0 Å². The summed E-state index contributed by atoms with van der Waals surface area (Å²) < 4.78 is 28.0. The first-order valence-corrected chi connectivity index (χ1v) is 9.59. The summed E-state index contributed by atoms with van der Waals surface area (Å²) in [5.41, 5.74) is 2.43. The fourth-order valence-corrected chi connectivity index (χ4v) is 4.97. The molecule has 1 aromatic carbocycles. The molecule has 1 heterocycles. The normalized spacial score (nSPS) is 17.1. The average molecular weight is 338 g/mol. The molecule has 0 spiro atoms. The van der Waals surface area contributed by atoms with Gasteiger partial charge in [0.2, 0.25) is 15.9 Å². The van der Waals surface area contributed by atoms with E-state index in [2.05, 4.69) is 4.72 Å². The van der Waals surface area contributed by atoms with Gasteiger partial charge in [0, 0.05) is 13.1 Å². The number of carbonyl (C=O) groups excluding carboxylic acids is 1. The first-order valence-electron chi connectivity index (χ1n) is 8.11. The number of benzene rings is 1. The zero-order valence-electron chi connectivity index (χ0n) is 14.3. The molecule has 0 aromatic heterocycles. The number of aryl methyl sites for hydroxylation is 3. The Hall–Kier alpha value is -1.40. The maximum absolute atomic E-state index is 12.7. The number of piperidine rings is 1. The van der Waals surface area contributed by atoms with E-state index in [1.165, 1.54) is 0 Å². The minimum Gasteiger partial charge on any atom is -0.341 e. The minimum absolute atomic E-state index is 0.143. The van der Waals surface area contributed by atoms with Crippen LogP contribution in [-0.4, -0.2) is 38.4 Å². The van der Waals surface area contributed by atoms with Crippen LogP contribution in [0.25, 0.3) is 0 Å². The molecule has 1 amide bonds.